The first-order valence-electron chi connectivity index (χ1n) is 15.4. The van der Waals surface area contributed by atoms with Crippen molar-refractivity contribution in [3.63, 3.8) is 0 Å². The predicted molar refractivity (Wildman–Crippen MR) is 173 cm³/mol. The summed E-state index contributed by atoms with van der Waals surface area (Å²) in [4.78, 5) is 43.7. The Balaban J connectivity index is 1.67. The predicted octanol–water partition coefficient (Wildman–Crippen LogP) is 6.99. The minimum Gasteiger partial charge on any atom is -0.355 e. The number of hydrogen-bond acceptors (Lipinski definition) is 4. The lowest BCUT2D eigenvalue weighted by Crippen LogP contribution is -2.24. The van der Waals surface area contributed by atoms with Crippen molar-refractivity contribution in [2.24, 2.45) is 0 Å². The third kappa shape index (κ3) is 4.70. The molecule has 6 rings (SSSR count). The average molecular weight is 574 g/mol. The number of allylic oxidation sites excluding steroid dienone is 2. The molecule has 1 amide bonds. The second-order valence-electron chi connectivity index (χ2n) is 12.0. The number of carbonyl (C=O) groups is 2. The first-order chi connectivity index (χ1) is 20.7. The number of Topliss-reactive ketones (excluding diaryl/α,β-unsaturated/α-hetero) is 1. The van der Waals surface area contributed by atoms with Crippen LogP contribution in [0.4, 0.5) is 0 Å². The van der Waals surface area contributed by atoms with Crippen LogP contribution in [0.2, 0.25) is 0 Å². The second-order valence-corrected chi connectivity index (χ2v) is 12.0. The quantitative estimate of drug-likeness (QED) is 0.277. The number of fused-ring (bicyclic) bond motifs is 8. The molecule has 0 aromatic carbocycles. The molecular formula is C36H39N5O2. The van der Waals surface area contributed by atoms with Crippen molar-refractivity contribution >= 4 is 44.9 Å². The van der Waals surface area contributed by atoms with Crippen molar-refractivity contribution in [3.05, 3.63) is 68.8 Å². The van der Waals surface area contributed by atoms with Gasteiger partial charge in [0.05, 0.1) is 29.1 Å². The van der Waals surface area contributed by atoms with Crippen LogP contribution in [0.1, 0.15) is 114 Å². The van der Waals surface area contributed by atoms with E-state index in [-0.39, 0.29) is 30.1 Å². The Morgan fingerprint density at radius 2 is 1.77 bits per heavy atom. The minimum atomic E-state index is -0.0718. The Bertz CT molecular complexity index is 1930. The van der Waals surface area contributed by atoms with Gasteiger partial charge in [0.1, 0.15) is 0 Å². The lowest BCUT2D eigenvalue weighted by Gasteiger charge is -2.17. The third-order valence-electron chi connectivity index (χ3n) is 9.66. The van der Waals surface area contributed by atoms with Crippen molar-refractivity contribution in [2.75, 3.05) is 6.54 Å². The fourth-order valence-electron chi connectivity index (χ4n) is 7.18. The molecule has 0 unspecified atom stereocenters. The highest BCUT2D eigenvalue weighted by molar-refractivity contribution is 6.13. The van der Waals surface area contributed by atoms with Crippen LogP contribution < -0.4 is 5.32 Å². The number of nitrogens with zero attached hydrogens (tertiary/aromatic N) is 2. The molecule has 3 N–H and O–H groups in total. The van der Waals surface area contributed by atoms with Gasteiger partial charge in [-0.1, -0.05) is 26.7 Å². The molecule has 2 atom stereocenters. The van der Waals surface area contributed by atoms with E-state index in [2.05, 4.69) is 74.0 Å². The van der Waals surface area contributed by atoms with Crippen LogP contribution >= 0.6 is 0 Å². The van der Waals surface area contributed by atoms with E-state index in [1.807, 2.05) is 6.92 Å². The Morgan fingerprint density at radius 1 is 1.02 bits per heavy atom. The summed E-state index contributed by atoms with van der Waals surface area (Å²) in [6.45, 7) is 13.0. The van der Waals surface area contributed by atoms with Gasteiger partial charge in [-0.15, -0.1) is 6.42 Å². The molecule has 7 heteroatoms. The van der Waals surface area contributed by atoms with Crippen molar-refractivity contribution < 1.29 is 9.59 Å². The second kappa shape index (κ2) is 11.0. The SMILES string of the molecule is C#CCNC(=O)CC[C@@H]1c2nc(cc3[nH]c(cc4nc(cc5[nH]c6c2CC(=O)c6c5C)C(CC)=C4C)c(CC)c3C)[C@H]1C. The Labute approximate surface area is 252 Å². The molecule has 0 radical (unpaired) electrons. The number of carbonyl (C=O) groups excluding carboxylic acids is 2. The van der Waals surface area contributed by atoms with Gasteiger partial charge in [0.2, 0.25) is 5.91 Å². The van der Waals surface area contributed by atoms with Gasteiger partial charge in [-0.3, -0.25) is 14.6 Å². The van der Waals surface area contributed by atoms with E-state index in [1.165, 1.54) is 22.3 Å². The number of aryl methyl sites for hydroxylation is 3. The first-order valence-corrected chi connectivity index (χ1v) is 15.4. The Kier molecular flexibility index (Phi) is 7.33. The van der Waals surface area contributed by atoms with Crippen molar-refractivity contribution in [1.82, 2.24) is 25.3 Å². The topological polar surface area (TPSA) is 104 Å². The van der Waals surface area contributed by atoms with E-state index in [0.717, 1.165) is 74.4 Å². The van der Waals surface area contributed by atoms with Gasteiger partial charge >= 0.3 is 0 Å². The maximum Gasteiger partial charge on any atom is 0.220 e. The van der Waals surface area contributed by atoms with Gasteiger partial charge < -0.3 is 15.3 Å². The summed E-state index contributed by atoms with van der Waals surface area (Å²) >= 11 is 0. The van der Waals surface area contributed by atoms with Crippen LogP contribution in [0.3, 0.4) is 0 Å². The number of hydrogen-bond donors (Lipinski definition) is 3. The van der Waals surface area contributed by atoms with Crippen LogP contribution in [0.25, 0.3) is 33.2 Å². The minimum absolute atomic E-state index is 0.0107. The molecular weight excluding hydrogens is 534 g/mol. The van der Waals surface area contributed by atoms with Crippen LogP contribution in [-0.4, -0.2) is 38.2 Å². The van der Waals surface area contributed by atoms with Gasteiger partial charge in [-0.05, 0) is 86.1 Å². The summed E-state index contributed by atoms with van der Waals surface area (Å²) in [5, 5.41) is 2.79. The molecule has 43 heavy (non-hydrogen) atoms. The van der Waals surface area contributed by atoms with Crippen molar-refractivity contribution in [1.29, 1.82) is 0 Å². The molecule has 0 saturated heterocycles. The molecule has 0 spiro atoms. The average Bonchev–Trinajstić information content (AvgIpc) is 3.73. The largest absolute Gasteiger partial charge is 0.355 e. The van der Waals surface area contributed by atoms with Crippen LogP contribution in [0, 0.1) is 26.2 Å². The number of terminal acetylenes is 1. The summed E-state index contributed by atoms with van der Waals surface area (Å²) in [6, 6.07) is 6.43. The number of aromatic nitrogens is 4. The van der Waals surface area contributed by atoms with Gasteiger partial charge in [0.25, 0.3) is 0 Å². The molecule has 3 aromatic heterocycles. The number of aromatic amines is 2. The highest BCUT2D eigenvalue weighted by atomic mass is 16.1. The fraction of sp³-hybridized carbons (Fsp3) is 0.389. The summed E-state index contributed by atoms with van der Waals surface area (Å²) < 4.78 is 0. The van der Waals surface area contributed by atoms with Crippen molar-refractivity contribution in [2.45, 2.75) is 85.5 Å². The summed E-state index contributed by atoms with van der Waals surface area (Å²) in [7, 11) is 0. The Morgan fingerprint density at radius 3 is 2.49 bits per heavy atom. The number of ketones is 1. The molecule has 3 aromatic rings. The molecule has 8 bridgehead atoms. The Hall–Kier alpha value is -4.44. The zero-order valence-electron chi connectivity index (χ0n) is 25.9. The number of rotatable bonds is 6. The van der Waals surface area contributed by atoms with E-state index in [9.17, 15) is 9.59 Å². The van der Waals surface area contributed by atoms with Crippen molar-refractivity contribution in [3.8, 4) is 12.3 Å². The molecule has 1 aliphatic carbocycles. The molecule has 0 saturated carbocycles. The maximum absolute atomic E-state index is 13.5. The van der Waals surface area contributed by atoms with E-state index < -0.39 is 0 Å². The van der Waals surface area contributed by atoms with Crippen LogP contribution in [-0.2, 0) is 17.6 Å². The van der Waals surface area contributed by atoms with Gasteiger partial charge in [-0.2, -0.15) is 0 Å². The summed E-state index contributed by atoms with van der Waals surface area (Å²) in [5.74, 6) is 2.55. The fourth-order valence-corrected chi connectivity index (χ4v) is 7.18. The number of amides is 1. The van der Waals surface area contributed by atoms with E-state index in [0.29, 0.717) is 19.3 Å². The molecule has 2 aliphatic heterocycles. The normalized spacial score (nSPS) is 17.5. The molecule has 7 nitrogen and oxygen atoms in total. The standard InChI is InChI=1S/C36H39N5O2/c1-8-13-37-33(43)12-11-24-20(6)28-15-26-18(4)22(9-2)30(38-26)16-27-19(5)23(10-3)31(39-27)17-29-21(7)34-32(42)14-25(35(24)40-28)36(34)41-29/h1,15-17,20,24,38,41H,9-14H2,2-7H3,(H,37,43)/t20-,24-/m0/s1. The monoisotopic (exact) mass is 573 g/mol. The zero-order valence-corrected chi connectivity index (χ0v) is 25.9. The van der Waals surface area contributed by atoms with Gasteiger partial charge in [-0.25, -0.2) is 4.98 Å². The maximum atomic E-state index is 13.5. The molecule has 0 fully saturated rings. The highest BCUT2D eigenvalue weighted by Crippen LogP contribution is 2.44. The zero-order chi connectivity index (χ0) is 30.6. The lowest BCUT2D eigenvalue weighted by atomic mass is 9.85. The molecule has 220 valence electrons. The van der Waals surface area contributed by atoms with E-state index in [1.54, 1.807) is 0 Å². The van der Waals surface area contributed by atoms with E-state index in [4.69, 9.17) is 16.4 Å². The first kappa shape index (κ1) is 28.7. The van der Waals surface area contributed by atoms with Crippen LogP contribution in [0.5, 0.6) is 0 Å². The van der Waals surface area contributed by atoms with Crippen LogP contribution in [0.15, 0.2) is 18.2 Å². The number of nitrogens with one attached hydrogen (secondary N) is 3. The summed E-state index contributed by atoms with van der Waals surface area (Å²) in [5.41, 5.74) is 15.1. The molecule has 3 aliphatic rings. The summed E-state index contributed by atoms with van der Waals surface area (Å²) in [6.07, 6.45) is 8.36. The highest BCUT2D eigenvalue weighted by Gasteiger charge is 2.35. The third-order valence-corrected chi connectivity index (χ3v) is 9.66. The number of H-pyrrole nitrogens is 2. The lowest BCUT2D eigenvalue weighted by molar-refractivity contribution is -0.121. The molecule has 5 heterocycles. The smallest absolute Gasteiger partial charge is 0.220 e. The van der Waals surface area contributed by atoms with E-state index >= 15 is 0 Å². The van der Waals surface area contributed by atoms with Gasteiger partial charge in [0, 0.05) is 58.0 Å². The van der Waals surface area contributed by atoms with Gasteiger partial charge in [0.15, 0.2) is 5.78 Å².